The Hall–Kier alpha value is -2.89. The monoisotopic (exact) mass is 339 g/mol. The Bertz CT molecular complexity index is 892. The Morgan fingerprint density at radius 2 is 1.72 bits per heavy atom. The Balaban J connectivity index is 1.82. The van der Waals surface area contributed by atoms with Gasteiger partial charge in [-0.15, -0.1) is 10.2 Å². The van der Waals surface area contributed by atoms with Crippen molar-refractivity contribution in [3.63, 3.8) is 0 Å². The summed E-state index contributed by atoms with van der Waals surface area (Å²) in [6.45, 7) is 7.78. The van der Waals surface area contributed by atoms with E-state index in [1.54, 1.807) is 31.2 Å². The summed E-state index contributed by atoms with van der Waals surface area (Å²) in [6.07, 6.45) is 0. The molecule has 2 aromatic carbocycles. The van der Waals surface area contributed by atoms with E-state index in [9.17, 15) is 9.90 Å². The summed E-state index contributed by atoms with van der Waals surface area (Å²) in [5.74, 6) is -0.765. The second kappa shape index (κ2) is 6.20. The van der Waals surface area contributed by atoms with Gasteiger partial charge >= 0.3 is 5.97 Å². The summed E-state index contributed by atoms with van der Waals surface area (Å²) in [5.41, 5.74) is 2.63. The number of hydrogen-bond acceptors (Lipinski definition) is 5. The number of phenolic OH excluding ortho intramolecular Hbond substituents is 1. The number of carbonyl (C=O) groups is 1. The van der Waals surface area contributed by atoms with Gasteiger partial charge in [-0.25, -0.2) is 4.79 Å². The molecular formula is C19H21N3O3. The predicted molar refractivity (Wildman–Crippen MR) is 94.3 cm³/mol. The van der Waals surface area contributed by atoms with Crippen LogP contribution in [0.5, 0.6) is 5.75 Å². The van der Waals surface area contributed by atoms with Crippen LogP contribution in [-0.4, -0.2) is 26.2 Å². The van der Waals surface area contributed by atoms with Crippen molar-refractivity contribution in [1.82, 2.24) is 15.2 Å². The van der Waals surface area contributed by atoms with Crippen LogP contribution in [0.25, 0.3) is 11.0 Å². The lowest BCUT2D eigenvalue weighted by Crippen LogP contribution is -2.26. The number of benzene rings is 2. The van der Waals surface area contributed by atoms with E-state index in [0.717, 1.165) is 16.1 Å². The van der Waals surface area contributed by atoms with Crippen LogP contribution >= 0.6 is 0 Å². The molecule has 1 N–H and O–H groups in total. The first kappa shape index (κ1) is 17.0. The van der Waals surface area contributed by atoms with Gasteiger partial charge < -0.3 is 9.94 Å². The van der Waals surface area contributed by atoms with Gasteiger partial charge in [0.05, 0.1) is 5.92 Å². The standard InChI is InChI=1S/C19H21N3O3/c1-12(13-9-10-17(23)14(11-13)19(2,3)4)18(24)25-22-20-15-7-5-6-8-16(15)21-22/h5-12,23H,1-4H3. The zero-order valence-corrected chi connectivity index (χ0v) is 14.7. The van der Waals surface area contributed by atoms with Crippen LogP contribution in [-0.2, 0) is 10.2 Å². The van der Waals surface area contributed by atoms with E-state index >= 15 is 0 Å². The minimum atomic E-state index is -0.518. The molecule has 0 fully saturated rings. The number of carbonyl (C=O) groups excluding carboxylic acids is 1. The van der Waals surface area contributed by atoms with E-state index in [2.05, 4.69) is 10.2 Å². The third-order valence-corrected chi connectivity index (χ3v) is 4.12. The summed E-state index contributed by atoms with van der Waals surface area (Å²) < 4.78 is 0. The van der Waals surface area contributed by atoms with Gasteiger partial charge in [-0.05, 0) is 41.7 Å². The summed E-state index contributed by atoms with van der Waals surface area (Å²) in [5, 5.41) is 18.3. The molecule has 0 aliphatic carbocycles. The molecule has 0 saturated heterocycles. The normalized spacial score (nSPS) is 13.0. The molecule has 0 aliphatic heterocycles. The zero-order chi connectivity index (χ0) is 18.2. The highest BCUT2D eigenvalue weighted by Gasteiger charge is 2.24. The lowest BCUT2D eigenvalue weighted by atomic mass is 9.84. The molecule has 1 heterocycles. The highest BCUT2D eigenvalue weighted by molar-refractivity contribution is 5.78. The van der Waals surface area contributed by atoms with Crippen molar-refractivity contribution in [2.75, 3.05) is 0 Å². The van der Waals surface area contributed by atoms with Gasteiger partial charge in [0, 0.05) is 4.96 Å². The average Bonchev–Trinajstić information content (AvgIpc) is 2.95. The molecule has 0 aliphatic rings. The Morgan fingerprint density at radius 3 is 2.28 bits per heavy atom. The van der Waals surface area contributed by atoms with Crippen LogP contribution in [0, 0.1) is 0 Å². The van der Waals surface area contributed by atoms with Gasteiger partial charge in [0.25, 0.3) is 0 Å². The fraction of sp³-hybridized carbons (Fsp3) is 0.316. The molecule has 130 valence electrons. The lowest BCUT2D eigenvalue weighted by Gasteiger charge is -2.22. The third kappa shape index (κ3) is 3.47. The van der Waals surface area contributed by atoms with Crippen LogP contribution < -0.4 is 4.84 Å². The van der Waals surface area contributed by atoms with Crippen molar-refractivity contribution in [3.8, 4) is 5.75 Å². The van der Waals surface area contributed by atoms with Crippen LogP contribution in [0.1, 0.15) is 44.7 Å². The molecule has 3 aromatic rings. The van der Waals surface area contributed by atoms with E-state index in [1.165, 1.54) is 0 Å². The van der Waals surface area contributed by atoms with Gasteiger partial charge in [0.1, 0.15) is 16.8 Å². The van der Waals surface area contributed by atoms with Gasteiger partial charge in [-0.2, -0.15) is 0 Å². The number of rotatable bonds is 3. The molecular weight excluding hydrogens is 318 g/mol. The fourth-order valence-corrected chi connectivity index (χ4v) is 2.60. The maximum Gasteiger partial charge on any atom is 0.343 e. The molecule has 0 saturated carbocycles. The van der Waals surface area contributed by atoms with Crippen molar-refractivity contribution >= 4 is 17.0 Å². The largest absolute Gasteiger partial charge is 0.508 e. The third-order valence-electron chi connectivity index (χ3n) is 4.12. The predicted octanol–water partition coefficient (Wildman–Crippen LogP) is 3.19. The Labute approximate surface area is 146 Å². The Morgan fingerprint density at radius 1 is 1.12 bits per heavy atom. The second-order valence-corrected chi connectivity index (χ2v) is 7.10. The summed E-state index contributed by atoms with van der Waals surface area (Å²) in [7, 11) is 0. The SMILES string of the molecule is CC(C(=O)On1nc2ccccc2n1)c1ccc(O)c(C(C)(C)C)c1. The van der Waals surface area contributed by atoms with Crippen LogP contribution in [0.15, 0.2) is 42.5 Å². The molecule has 0 spiro atoms. The van der Waals surface area contributed by atoms with Crippen molar-refractivity contribution in [2.24, 2.45) is 0 Å². The lowest BCUT2D eigenvalue weighted by molar-refractivity contribution is -0.149. The molecule has 25 heavy (non-hydrogen) atoms. The first-order chi connectivity index (χ1) is 11.8. The molecule has 1 unspecified atom stereocenters. The number of phenols is 1. The maximum absolute atomic E-state index is 12.5. The van der Waals surface area contributed by atoms with Crippen molar-refractivity contribution in [1.29, 1.82) is 0 Å². The number of hydrogen-bond donors (Lipinski definition) is 1. The molecule has 0 radical (unpaired) electrons. The molecule has 3 rings (SSSR count). The van der Waals surface area contributed by atoms with Crippen LogP contribution in [0.4, 0.5) is 0 Å². The minimum absolute atomic E-state index is 0.219. The maximum atomic E-state index is 12.5. The first-order valence-corrected chi connectivity index (χ1v) is 8.13. The highest BCUT2D eigenvalue weighted by Crippen LogP contribution is 2.33. The summed E-state index contributed by atoms with van der Waals surface area (Å²) in [4.78, 5) is 18.7. The first-order valence-electron chi connectivity index (χ1n) is 8.13. The van der Waals surface area contributed by atoms with Crippen LogP contribution in [0.2, 0.25) is 0 Å². The van der Waals surface area contributed by atoms with Crippen molar-refractivity contribution < 1.29 is 14.7 Å². The second-order valence-electron chi connectivity index (χ2n) is 7.10. The molecule has 6 nitrogen and oxygen atoms in total. The summed E-state index contributed by atoms with van der Waals surface area (Å²) in [6, 6.07) is 12.5. The highest BCUT2D eigenvalue weighted by atomic mass is 16.7. The smallest absolute Gasteiger partial charge is 0.343 e. The molecule has 0 bridgehead atoms. The van der Waals surface area contributed by atoms with E-state index in [1.807, 2.05) is 39.0 Å². The number of nitrogens with zero attached hydrogens (tertiary/aromatic N) is 3. The van der Waals surface area contributed by atoms with Gasteiger partial charge in [0.2, 0.25) is 0 Å². The number of aromatic hydroxyl groups is 1. The van der Waals surface area contributed by atoms with Crippen LogP contribution in [0.3, 0.4) is 0 Å². The fourth-order valence-electron chi connectivity index (χ4n) is 2.60. The van der Waals surface area contributed by atoms with E-state index < -0.39 is 11.9 Å². The minimum Gasteiger partial charge on any atom is -0.508 e. The van der Waals surface area contributed by atoms with E-state index in [4.69, 9.17) is 4.84 Å². The van der Waals surface area contributed by atoms with E-state index in [-0.39, 0.29) is 11.2 Å². The summed E-state index contributed by atoms with van der Waals surface area (Å²) >= 11 is 0. The van der Waals surface area contributed by atoms with Gasteiger partial charge in [0.15, 0.2) is 0 Å². The molecule has 1 aromatic heterocycles. The Kier molecular flexibility index (Phi) is 4.20. The topological polar surface area (TPSA) is 77.2 Å². The van der Waals surface area contributed by atoms with Gasteiger partial charge in [-0.3, -0.25) is 0 Å². The molecule has 1 atom stereocenters. The van der Waals surface area contributed by atoms with E-state index in [0.29, 0.717) is 11.0 Å². The number of fused-ring (bicyclic) bond motifs is 1. The van der Waals surface area contributed by atoms with Gasteiger partial charge in [-0.1, -0.05) is 45.0 Å². The molecule has 0 amide bonds. The van der Waals surface area contributed by atoms with Crippen molar-refractivity contribution in [3.05, 3.63) is 53.6 Å². The quantitative estimate of drug-likeness (QED) is 0.793. The molecule has 6 heteroatoms. The average molecular weight is 339 g/mol. The van der Waals surface area contributed by atoms with Crippen molar-refractivity contribution in [2.45, 2.75) is 39.0 Å². The number of aromatic nitrogens is 3. The zero-order valence-electron chi connectivity index (χ0n) is 14.7.